The molecule has 0 aliphatic heterocycles. The first-order chi connectivity index (χ1) is 11.1. The van der Waals surface area contributed by atoms with Gasteiger partial charge in [-0.3, -0.25) is 9.36 Å². The SMILES string of the molecule is CCCSc1nc2ccccc2c(=O)n1-c1cc(C)cc(C)c1. The first-order valence-electron chi connectivity index (χ1n) is 7.83. The van der Waals surface area contributed by atoms with Crippen molar-refractivity contribution in [2.24, 2.45) is 0 Å². The first-order valence-corrected chi connectivity index (χ1v) is 8.82. The van der Waals surface area contributed by atoms with Crippen LogP contribution in [0.1, 0.15) is 24.5 Å². The Morgan fingerprint density at radius 3 is 2.48 bits per heavy atom. The second-order valence-electron chi connectivity index (χ2n) is 5.75. The van der Waals surface area contributed by atoms with E-state index in [1.807, 2.05) is 36.4 Å². The van der Waals surface area contributed by atoms with Crippen LogP contribution in [0.3, 0.4) is 0 Å². The van der Waals surface area contributed by atoms with Crippen LogP contribution in [0.2, 0.25) is 0 Å². The number of rotatable bonds is 4. The van der Waals surface area contributed by atoms with Gasteiger partial charge in [-0.2, -0.15) is 0 Å². The van der Waals surface area contributed by atoms with Crippen LogP contribution in [0.4, 0.5) is 0 Å². The number of benzene rings is 2. The van der Waals surface area contributed by atoms with Crippen LogP contribution in [0.25, 0.3) is 16.6 Å². The molecule has 3 nitrogen and oxygen atoms in total. The van der Waals surface area contributed by atoms with E-state index in [0.717, 1.165) is 39.7 Å². The normalized spacial score (nSPS) is 11.1. The van der Waals surface area contributed by atoms with Crippen LogP contribution < -0.4 is 5.56 Å². The summed E-state index contributed by atoms with van der Waals surface area (Å²) in [7, 11) is 0. The molecule has 0 aliphatic rings. The lowest BCUT2D eigenvalue weighted by Crippen LogP contribution is -2.22. The molecule has 0 radical (unpaired) electrons. The van der Waals surface area contributed by atoms with Crippen molar-refractivity contribution in [3.63, 3.8) is 0 Å². The summed E-state index contributed by atoms with van der Waals surface area (Å²) in [4.78, 5) is 17.8. The third-order valence-electron chi connectivity index (χ3n) is 3.64. The molecule has 4 heteroatoms. The predicted molar refractivity (Wildman–Crippen MR) is 97.8 cm³/mol. The fourth-order valence-electron chi connectivity index (χ4n) is 2.71. The summed E-state index contributed by atoms with van der Waals surface area (Å²) >= 11 is 1.63. The lowest BCUT2D eigenvalue weighted by molar-refractivity contribution is 0.817. The molecule has 0 saturated carbocycles. The molecular weight excluding hydrogens is 304 g/mol. The van der Waals surface area contributed by atoms with E-state index in [0.29, 0.717) is 5.39 Å². The highest BCUT2D eigenvalue weighted by Gasteiger charge is 2.13. The van der Waals surface area contributed by atoms with E-state index >= 15 is 0 Å². The summed E-state index contributed by atoms with van der Waals surface area (Å²) < 4.78 is 1.75. The number of aromatic nitrogens is 2. The van der Waals surface area contributed by atoms with Crippen LogP contribution in [-0.4, -0.2) is 15.3 Å². The van der Waals surface area contributed by atoms with Gasteiger partial charge in [0, 0.05) is 5.75 Å². The molecule has 0 spiro atoms. The van der Waals surface area contributed by atoms with Gasteiger partial charge in [-0.1, -0.05) is 36.9 Å². The van der Waals surface area contributed by atoms with Gasteiger partial charge in [0.05, 0.1) is 16.6 Å². The topological polar surface area (TPSA) is 34.9 Å². The molecule has 0 unspecified atom stereocenters. The summed E-state index contributed by atoms with van der Waals surface area (Å²) in [5.41, 5.74) is 3.94. The molecule has 0 amide bonds. The first kappa shape index (κ1) is 15.8. The average molecular weight is 324 g/mol. The fourth-order valence-corrected chi connectivity index (χ4v) is 3.58. The van der Waals surface area contributed by atoms with E-state index in [2.05, 4.69) is 26.8 Å². The van der Waals surface area contributed by atoms with Crippen molar-refractivity contribution in [2.45, 2.75) is 32.3 Å². The van der Waals surface area contributed by atoms with Crippen molar-refractivity contribution < 1.29 is 0 Å². The van der Waals surface area contributed by atoms with Gasteiger partial charge in [-0.15, -0.1) is 0 Å². The zero-order valence-corrected chi connectivity index (χ0v) is 14.5. The zero-order valence-electron chi connectivity index (χ0n) is 13.7. The molecule has 1 aromatic heterocycles. The van der Waals surface area contributed by atoms with E-state index < -0.39 is 0 Å². The number of thioether (sulfide) groups is 1. The molecule has 3 rings (SSSR count). The van der Waals surface area contributed by atoms with Gasteiger partial charge < -0.3 is 0 Å². The van der Waals surface area contributed by atoms with Crippen LogP contribution in [-0.2, 0) is 0 Å². The summed E-state index contributed by atoms with van der Waals surface area (Å²) in [5, 5.41) is 1.42. The maximum absolute atomic E-state index is 13.0. The van der Waals surface area contributed by atoms with Crippen molar-refractivity contribution in [3.05, 3.63) is 63.9 Å². The smallest absolute Gasteiger partial charge is 0.266 e. The minimum atomic E-state index is -0.000738. The third kappa shape index (κ3) is 3.17. The number of nitrogens with zero attached hydrogens (tertiary/aromatic N) is 2. The van der Waals surface area contributed by atoms with Crippen LogP contribution in [0, 0.1) is 13.8 Å². The van der Waals surface area contributed by atoms with Crippen molar-refractivity contribution in [1.29, 1.82) is 0 Å². The van der Waals surface area contributed by atoms with E-state index in [1.54, 1.807) is 16.3 Å². The van der Waals surface area contributed by atoms with Crippen molar-refractivity contribution in [3.8, 4) is 5.69 Å². The highest BCUT2D eigenvalue weighted by molar-refractivity contribution is 7.99. The van der Waals surface area contributed by atoms with E-state index in [4.69, 9.17) is 4.98 Å². The monoisotopic (exact) mass is 324 g/mol. The highest BCUT2D eigenvalue weighted by atomic mass is 32.2. The number of hydrogen-bond acceptors (Lipinski definition) is 3. The molecule has 118 valence electrons. The van der Waals surface area contributed by atoms with Crippen LogP contribution in [0.15, 0.2) is 52.4 Å². The molecule has 23 heavy (non-hydrogen) atoms. The third-order valence-corrected chi connectivity index (χ3v) is 4.79. The summed E-state index contributed by atoms with van der Waals surface area (Å²) in [6, 6.07) is 13.8. The Balaban J connectivity index is 2.31. The van der Waals surface area contributed by atoms with Gasteiger partial charge in [0.2, 0.25) is 0 Å². The highest BCUT2D eigenvalue weighted by Crippen LogP contribution is 2.23. The second kappa shape index (κ2) is 6.59. The lowest BCUT2D eigenvalue weighted by atomic mass is 10.1. The van der Waals surface area contributed by atoms with Crippen molar-refractivity contribution >= 4 is 22.7 Å². The molecule has 0 bridgehead atoms. The maximum Gasteiger partial charge on any atom is 0.266 e. The summed E-state index contributed by atoms with van der Waals surface area (Å²) in [5.74, 6) is 0.940. The number of fused-ring (bicyclic) bond motifs is 1. The second-order valence-corrected chi connectivity index (χ2v) is 6.81. The van der Waals surface area contributed by atoms with E-state index in [-0.39, 0.29) is 5.56 Å². The van der Waals surface area contributed by atoms with Gasteiger partial charge in [-0.25, -0.2) is 4.98 Å². The Kier molecular flexibility index (Phi) is 4.53. The lowest BCUT2D eigenvalue weighted by Gasteiger charge is -2.14. The van der Waals surface area contributed by atoms with Gasteiger partial charge in [0.25, 0.3) is 5.56 Å². The Hall–Kier alpha value is -2.07. The zero-order chi connectivity index (χ0) is 16.4. The van der Waals surface area contributed by atoms with Crippen molar-refractivity contribution in [2.75, 3.05) is 5.75 Å². The molecule has 0 aliphatic carbocycles. The molecule has 1 heterocycles. The van der Waals surface area contributed by atoms with Crippen molar-refractivity contribution in [1.82, 2.24) is 9.55 Å². The van der Waals surface area contributed by atoms with Gasteiger partial charge in [0.1, 0.15) is 0 Å². The average Bonchev–Trinajstić information content (AvgIpc) is 2.52. The number of aryl methyl sites for hydroxylation is 2. The quantitative estimate of drug-likeness (QED) is 0.523. The molecule has 0 saturated heterocycles. The molecule has 0 atom stereocenters. The van der Waals surface area contributed by atoms with Crippen LogP contribution in [0.5, 0.6) is 0 Å². The van der Waals surface area contributed by atoms with Gasteiger partial charge >= 0.3 is 0 Å². The van der Waals surface area contributed by atoms with Gasteiger partial charge in [0.15, 0.2) is 5.16 Å². The van der Waals surface area contributed by atoms with E-state index in [1.165, 1.54) is 0 Å². The Morgan fingerprint density at radius 2 is 1.78 bits per heavy atom. The van der Waals surface area contributed by atoms with E-state index in [9.17, 15) is 4.79 Å². The number of hydrogen-bond donors (Lipinski definition) is 0. The predicted octanol–water partition coefficient (Wildman–Crippen LogP) is 4.50. The standard InChI is InChI=1S/C19H20N2OS/c1-4-9-23-19-20-17-8-6-5-7-16(17)18(22)21(19)15-11-13(2)10-14(3)12-15/h5-8,10-12H,4,9H2,1-3H3. The molecule has 0 fully saturated rings. The molecular formula is C19H20N2OS. The largest absolute Gasteiger partial charge is 0.268 e. The maximum atomic E-state index is 13.0. The Morgan fingerprint density at radius 1 is 1.09 bits per heavy atom. The minimum absolute atomic E-state index is 0.000738. The molecule has 3 aromatic rings. The van der Waals surface area contributed by atoms with Gasteiger partial charge in [-0.05, 0) is 55.7 Å². The fraction of sp³-hybridized carbons (Fsp3) is 0.263. The summed E-state index contributed by atoms with van der Waals surface area (Å²) in [6.45, 7) is 6.23. The Bertz CT molecular complexity index is 895. The molecule has 0 N–H and O–H groups in total. The molecule has 2 aromatic carbocycles. The van der Waals surface area contributed by atoms with Crippen LogP contribution >= 0.6 is 11.8 Å². The minimum Gasteiger partial charge on any atom is -0.268 e. The Labute approximate surface area is 140 Å². The number of para-hydroxylation sites is 1. The summed E-state index contributed by atoms with van der Waals surface area (Å²) in [6.07, 6.45) is 1.04.